The van der Waals surface area contributed by atoms with E-state index in [2.05, 4.69) is 30.0 Å². The molecule has 2 fully saturated rings. The van der Waals surface area contributed by atoms with Gasteiger partial charge in [0, 0.05) is 18.8 Å². The van der Waals surface area contributed by atoms with E-state index in [1.165, 1.54) is 42.5 Å². The van der Waals surface area contributed by atoms with Gasteiger partial charge < -0.3 is 15.4 Å². The molecule has 1 aliphatic heterocycles. The molecule has 2 aliphatic rings. The number of nitrogens with two attached hydrogens (primary N) is 1. The summed E-state index contributed by atoms with van der Waals surface area (Å²) in [5, 5.41) is 0. The second-order valence-electron chi connectivity index (χ2n) is 5.79. The van der Waals surface area contributed by atoms with Gasteiger partial charge in [-0.25, -0.2) is 0 Å². The molecule has 3 nitrogen and oxygen atoms in total. The second-order valence-corrected chi connectivity index (χ2v) is 5.79. The van der Waals surface area contributed by atoms with E-state index in [4.69, 9.17) is 10.5 Å². The Hall–Kier alpha value is -1.06. The molecular weight excluding hydrogens is 236 g/mol. The number of fused-ring (bicyclic) bond motifs is 1. The number of hydrogen-bond donors (Lipinski definition) is 1. The van der Waals surface area contributed by atoms with E-state index in [-0.39, 0.29) is 0 Å². The molecule has 19 heavy (non-hydrogen) atoms. The van der Waals surface area contributed by atoms with Crippen LogP contribution >= 0.6 is 0 Å². The van der Waals surface area contributed by atoms with E-state index in [9.17, 15) is 0 Å². The third kappa shape index (κ3) is 2.49. The van der Waals surface area contributed by atoms with E-state index >= 15 is 0 Å². The van der Waals surface area contributed by atoms with Gasteiger partial charge in [0.2, 0.25) is 0 Å². The van der Waals surface area contributed by atoms with Gasteiger partial charge in [0.1, 0.15) is 0 Å². The van der Waals surface area contributed by atoms with Crippen molar-refractivity contribution in [1.82, 2.24) is 0 Å². The van der Waals surface area contributed by atoms with Crippen molar-refractivity contribution < 1.29 is 4.74 Å². The van der Waals surface area contributed by atoms with Crippen LogP contribution in [0.1, 0.15) is 36.8 Å². The van der Waals surface area contributed by atoms with Crippen LogP contribution in [0.5, 0.6) is 0 Å². The van der Waals surface area contributed by atoms with Gasteiger partial charge >= 0.3 is 0 Å². The maximum Gasteiger partial charge on any atom is 0.0779 e. The average Bonchev–Trinajstić information content (AvgIpc) is 2.46. The van der Waals surface area contributed by atoms with Crippen molar-refractivity contribution in [3.8, 4) is 0 Å². The molecule has 1 aromatic rings. The molecule has 0 aromatic heterocycles. The van der Waals surface area contributed by atoms with E-state index in [0.29, 0.717) is 18.7 Å². The third-order valence-electron chi connectivity index (χ3n) is 4.50. The zero-order chi connectivity index (χ0) is 13.2. The van der Waals surface area contributed by atoms with Crippen LogP contribution in [-0.2, 0) is 11.3 Å². The molecule has 104 valence electrons. The molecule has 0 amide bonds. The molecule has 1 heterocycles. The van der Waals surface area contributed by atoms with E-state index < -0.39 is 0 Å². The van der Waals surface area contributed by atoms with Crippen LogP contribution in [0.3, 0.4) is 0 Å². The van der Waals surface area contributed by atoms with E-state index in [1.807, 2.05) is 0 Å². The highest BCUT2D eigenvalue weighted by molar-refractivity contribution is 5.57. The quantitative estimate of drug-likeness (QED) is 0.888. The number of anilines is 1. The van der Waals surface area contributed by atoms with Crippen LogP contribution in [0.4, 0.5) is 5.69 Å². The molecule has 1 aliphatic carbocycles. The average molecular weight is 260 g/mol. The van der Waals surface area contributed by atoms with E-state index in [0.717, 1.165) is 13.2 Å². The van der Waals surface area contributed by atoms with Crippen LogP contribution in [0, 0.1) is 6.92 Å². The minimum atomic E-state index is 0.425. The van der Waals surface area contributed by atoms with E-state index in [1.54, 1.807) is 0 Å². The summed E-state index contributed by atoms with van der Waals surface area (Å²) in [5.74, 6) is 0. The molecule has 1 saturated carbocycles. The first-order valence-corrected chi connectivity index (χ1v) is 7.47. The Labute approximate surface area is 115 Å². The number of benzene rings is 1. The van der Waals surface area contributed by atoms with Crippen molar-refractivity contribution in [2.45, 2.75) is 51.3 Å². The highest BCUT2D eigenvalue weighted by atomic mass is 16.5. The lowest BCUT2D eigenvalue weighted by Gasteiger charge is -2.45. The summed E-state index contributed by atoms with van der Waals surface area (Å²) >= 11 is 0. The predicted octanol–water partition coefficient (Wildman–Crippen LogP) is 2.60. The van der Waals surface area contributed by atoms with Gasteiger partial charge in [-0.2, -0.15) is 0 Å². The van der Waals surface area contributed by atoms with Crippen LogP contribution in [-0.4, -0.2) is 25.3 Å². The Balaban J connectivity index is 1.93. The van der Waals surface area contributed by atoms with Crippen molar-refractivity contribution >= 4 is 5.69 Å². The standard InChI is InChI=1S/C16H24N2O/c1-12-6-7-13(11-17)15(10-12)18-8-9-19-16-5-3-2-4-14(16)18/h6-7,10,14,16H,2-5,8-9,11,17H2,1H3. The van der Waals surface area contributed by atoms with Crippen molar-refractivity contribution in [1.29, 1.82) is 0 Å². The SMILES string of the molecule is Cc1ccc(CN)c(N2CCOC3CCCCC32)c1. The maximum absolute atomic E-state index is 5.96. The fraction of sp³-hybridized carbons (Fsp3) is 0.625. The first-order chi connectivity index (χ1) is 9.29. The van der Waals surface area contributed by atoms with Gasteiger partial charge in [-0.1, -0.05) is 25.0 Å². The molecule has 0 radical (unpaired) electrons. The predicted molar refractivity (Wildman–Crippen MR) is 78.4 cm³/mol. The molecule has 2 unspecified atom stereocenters. The Bertz CT molecular complexity index is 444. The minimum absolute atomic E-state index is 0.425. The molecule has 1 aromatic carbocycles. The zero-order valence-electron chi connectivity index (χ0n) is 11.8. The fourth-order valence-electron chi connectivity index (χ4n) is 3.51. The first kappa shape index (κ1) is 12.9. The number of nitrogens with zero attached hydrogens (tertiary/aromatic N) is 1. The number of morpholine rings is 1. The highest BCUT2D eigenvalue weighted by Crippen LogP contribution is 2.34. The highest BCUT2D eigenvalue weighted by Gasteiger charge is 2.34. The number of rotatable bonds is 2. The Kier molecular flexibility index (Phi) is 3.76. The fourth-order valence-corrected chi connectivity index (χ4v) is 3.51. The normalized spacial score (nSPS) is 27.2. The minimum Gasteiger partial charge on any atom is -0.374 e. The van der Waals surface area contributed by atoms with Crippen LogP contribution in [0.15, 0.2) is 18.2 Å². The first-order valence-electron chi connectivity index (χ1n) is 7.47. The van der Waals surface area contributed by atoms with Gasteiger partial charge in [0.05, 0.1) is 18.8 Å². The molecule has 3 rings (SSSR count). The van der Waals surface area contributed by atoms with Gasteiger partial charge in [-0.15, -0.1) is 0 Å². The monoisotopic (exact) mass is 260 g/mol. The molecule has 3 heteroatoms. The van der Waals surface area contributed by atoms with Gasteiger partial charge in [0.15, 0.2) is 0 Å². The van der Waals surface area contributed by atoms with Gasteiger partial charge in [0.25, 0.3) is 0 Å². The van der Waals surface area contributed by atoms with Crippen molar-refractivity contribution in [2.24, 2.45) is 5.73 Å². The smallest absolute Gasteiger partial charge is 0.0779 e. The van der Waals surface area contributed by atoms with Crippen LogP contribution in [0.25, 0.3) is 0 Å². The van der Waals surface area contributed by atoms with Gasteiger partial charge in [-0.3, -0.25) is 0 Å². The Morgan fingerprint density at radius 3 is 3.00 bits per heavy atom. The van der Waals surface area contributed by atoms with Crippen LogP contribution < -0.4 is 10.6 Å². The van der Waals surface area contributed by atoms with Crippen molar-refractivity contribution in [2.75, 3.05) is 18.1 Å². The number of ether oxygens (including phenoxy) is 1. The maximum atomic E-state index is 5.96. The van der Waals surface area contributed by atoms with Crippen molar-refractivity contribution in [3.63, 3.8) is 0 Å². The lowest BCUT2D eigenvalue weighted by molar-refractivity contribution is -0.00873. The lowest BCUT2D eigenvalue weighted by Crippen LogP contribution is -2.53. The molecule has 1 saturated heterocycles. The molecule has 0 spiro atoms. The summed E-state index contributed by atoms with van der Waals surface area (Å²) in [6.45, 7) is 4.61. The molecule has 2 atom stereocenters. The topological polar surface area (TPSA) is 38.5 Å². The summed E-state index contributed by atoms with van der Waals surface area (Å²) < 4.78 is 5.96. The summed E-state index contributed by atoms with van der Waals surface area (Å²) in [6, 6.07) is 7.18. The molecule has 0 bridgehead atoms. The summed E-state index contributed by atoms with van der Waals surface area (Å²) in [5.41, 5.74) is 9.83. The summed E-state index contributed by atoms with van der Waals surface area (Å²) in [4.78, 5) is 2.56. The number of aryl methyl sites for hydroxylation is 1. The second kappa shape index (κ2) is 5.51. The van der Waals surface area contributed by atoms with Crippen LogP contribution in [0.2, 0.25) is 0 Å². The number of hydrogen-bond acceptors (Lipinski definition) is 3. The Morgan fingerprint density at radius 1 is 1.32 bits per heavy atom. The largest absolute Gasteiger partial charge is 0.374 e. The lowest BCUT2D eigenvalue weighted by atomic mass is 9.89. The zero-order valence-corrected chi connectivity index (χ0v) is 11.8. The molecule has 2 N–H and O–H groups in total. The molecular formula is C16H24N2O. The summed E-state index contributed by atoms with van der Waals surface area (Å²) in [7, 11) is 0. The summed E-state index contributed by atoms with van der Waals surface area (Å²) in [6.07, 6.45) is 5.53. The van der Waals surface area contributed by atoms with Crippen molar-refractivity contribution in [3.05, 3.63) is 29.3 Å². The van der Waals surface area contributed by atoms with Gasteiger partial charge in [-0.05, 0) is 37.0 Å². The third-order valence-corrected chi connectivity index (χ3v) is 4.50. The Morgan fingerprint density at radius 2 is 2.16 bits per heavy atom.